The van der Waals surface area contributed by atoms with E-state index in [2.05, 4.69) is 15.4 Å². The summed E-state index contributed by atoms with van der Waals surface area (Å²) in [5, 5.41) is 26.5. The zero-order valence-corrected chi connectivity index (χ0v) is 16.0. The van der Waals surface area contributed by atoms with Gasteiger partial charge in [-0.05, 0) is 43.3 Å². The highest BCUT2D eigenvalue weighted by molar-refractivity contribution is 6.05. The van der Waals surface area contributed by atoms with Crippen LogP contribution in [0.1, 0.15) is 24.2 Å². The standard InChI is InChI=1S/C20H20N4O5/c1-3-23(4-2)15-9-8-13-10-17(20(22-26)29-18(13)12-15)19(25)21-14-6-5-7-16(11-14)24(27)28/h5-12,26H,3-4H2,1-2H3,(H,21,25)/b22-20-. The highest BCUT2D eigenvalue weighted by Crippen LogP contribution is 2.23. The van der Waals surface area contributed by atoms with Gasteiger partial charge in [-0.15, -0.1) is 0 Å². The maximum Gasteiger partial charge on any atom is 0.271 e. The van der Waals surface area contributed by atoms with Crippen LogP contribution < -0.4 is 15.8 Å². The molecule has 0 fully saturated rings. The summed E-state index contributed by atoms with van der Waals surface area (Å²) in [6, 6.07) is 12.7. The molecule has 9 heteroatoms. The first kappa shape index (κ1) is 19.9. The first-order chi connectivity index (χ1) is 14.0. The number of carbonyl (C=O) groups excluding carboxylic acids is 1. The molecule has 0 radical (unpaired) electrons. The lowest BCUT2D eigenvalue weighted by molar-refractivity contribution is -0.384. The van der Waals surface area contributed by atoms with E-state index < -0.39 is 10.8 Å². The molecule has 3 aromatic rings. The topological polar surface area (TPSA) is 121 Å². The van der Waals surface area contributed by atoms with Crippen molar-refractivity contribution in [1.82, 2.24) is 0 Å². The van der Waals surface area contributed by atoms with E-state index in [1.165, 1.54) is 24.3 Å². The highest BCUT2D eigenvalue weighted by atomic mass is 16.6. The Morgan fingerprint density at radius 1 is 1.21 bits per heavy atom. The number of rotatable bonds is 6. The number of anilines is 2. The summed E-state index contributed by atoms with van der Waals surface area (Å²) in [5.74, 6) is -0.614. The maximum absolute atomic E-state index is 12.7. The van der Waals surface area contributed by atoms with E-state index in [0.29, 0.717) is 11.0 Å². The minimum absolute atomic E-state index is 0.00194. The third-order valence-electron chi connectivity index (χ3n) is 4.51. The number of nitro groups is 1. The SMILES string of the molecule is CCN(CC)c1ccc2cc(C(=O)Nc3cccc([N+](=O)[O-])c3)/c(=N/O)oc2c1. The molecule has 0 unspecified atom stereocenters. The van der Waals surface area contributed by atoms with Crippen molar-refractivity contribution < 1.29 is 19.3 Å². The average molecular weight is 396 g/mol. The second-order valence-corrected chi connectivity index (χ2v) is 6.22. The fourth-order valence-corrected chi connectivity index (χ4v) is 3.03. The summed E-state index contributed by atoms with van der Waals surface area (Å²) in [5.41, 5.74) is 1.25. The summed E-state index contributed by atoms with van der Waals surface area (Å²) >= 11 is 0. The number of carbonyl (C=O) groups is 1. The Bertz CT molecular complexity index is 1140. The van der Waals surface area contributed by atoms with Crippen LogP contribution in [0.3, 0.4) is 0 Å². The summed E-state index contributed by atoms with van der Waals surface area (Å²) in [6.45, 7) is 5.73. The van der Waals surface area contributed by atoms with Gasteiger partial charge in [0.1, 0.15) is 11.1 Å². The minimum Gasteiger partial charge on any atom is -0.435 e. The lowest BCUT2D eigenvalue weighted by atomic mass is 10.1. The Hall–Kier alpha value is -3.88. The highest BCUT2D eigenvalue weighted by Gasteiger charge is 2.15. The van der Waals surface area contributed by atoms with Gasteiger partial charge in [0.2, 0.25) is 0 Å². The number of fused-ring (bicyclic) bond motifs is 1. The fourth-order valence-electron chi connectivity index (χ4n) is 3.03. The van der Waals surface area contributed by atoms with Crippen molar-refractivity contribution in [3.8, 4) is 0 Å². The summed E-state index contributed by atoms with van der Waals surface area (Å²) in [7, 11) is 0. The van der Waals surface area contributed by atoms with E-state index in [9.17, 15) is 20.1 Å². The summed E-state index contributed by atoms with van der Waals surface area (Å²) in [4.78, 5) is 25.1. The van der Waals surface area contributed by atoms with Gasteiger partial charge in [-0.1, -0.05) is 6.07 Å². The Balaban J connectivity index is 1.98. The third-order valence-corrected chi connectivity index (χ3v) is 4.51. The maximum atomic E-state index is 12.7. The Kier molecular flexibility index (Phi) is 5.77. The number of nitro benzene ring substituents is 1. The molecule has 9 nitrogen and oxygen atoms in total. The molecule has 150 valence electrons. The predicted octanol–water partition coefficient (Wildman–Crippen LogP) is 3.73. The molecule has 0 spiro atoms. The molecule has 0 aliphatic rings. The van der Waals surface area contributed by atoms with Gasteiger partial charge in [-0.2, -0.15) is 0 Å². The smallest absolute Gasteiger partial charge is 0.271 e. The normalized spacial score (nSPS) is 11.4. The van der Waals surface area contributed by atoms with Gasteiger partial charge in [0.15, 0.2) is 0 Å². The molecule has 0 aliphatic heterocycles. The van der Waals surface area contributed by atoms with Gasteiger partial charge in [-0.25, -0.2) is 0 Å². The lowest BCUT2D eigenvalue weighted by Crippen LogP contribution is -2.23. The van der Waals surface area contributed by atoms with Crippen LogP contribution in [0, 0.1) is 10.1 Å². The molecule has 0 atom stereocenters. The second-order valence-electron chi connectivity index (χ2n) is 6.22. The van der Waals surface area contributed by atoms with Gasteiger partial charge < -0.3 is 19.8 Å². The number of hydrogen-bond donors (Lipinski definition) is 2. The van der Waals surface area contributed by atoms with Gasteiger partial charge in [0.05, 0.1) is 4.92 Å². The molecular weight excluding hydrogens is 376 g/mol. The molecular formula is C20H20N4O5. The quantitative estimate of drug-likeness (QED) is 0.372. The van der Waals surface area contributed by atoms with Crippen LogP contribution in [-0.4, -0.2) is 29.1 Å². The number of nitrogens with zero attached hydrogens (tertiary/aromatic N) is 3. The molecule has 0 saturated heterocycles. The van der Waals surface area contributed by atoms with Crippen LogP contribution in [0.25, 0.3) is 11.0 Å². The van der Waals surface area contributed by atoms with Crippen LogP contribution in [0.5, 0.6) is 0 Å². The van der Waals surface area contributed by atoms with Gasteiger partial charge >= 0.3 is 0 Å². The van der Waals surface area contributed by atoms with Crippen LogP contribution in [0.2, 0.25) is 0 Å². The van der Waals surface area contributed by atoms with Crippen LogP contribution in [-0.2, 0) is 0 Å². The monoisotopic (exact) mass is 396 g/mol. The zero-order chi connectivity index (χ0) is 21.0. The van der Waals surface area contributed by atoms with Gasteiger partial charge in [0, 0.05) is 48.0 Å². The van der Waals surface area contributed by atoms with Crippen molar-refractivity contribution in [2.45, 2.75) is 13.8 Å². The molecule has 2 N–H and O–H groups in total. The van der Waals surface area contributed by atoms with E-state index in [1.54, 1.807) is 6.07 Å². The largest absolute Gasteiger partial charge is 0.435 e. The van der Waals surface area contributed by atoms with E-state index in [0.717, 1.165) is 18.8 Å². The molecule has 0 bridgehead atoms. The molecule has 3 rings (SSSR count). The fraction of sp³-hybridized carbons (Fsp3) is 0.200. The summed E-state index contributed by atoms with van der Waals surface area (Å²) in [6.07, 6.45) is 0. The van der Waals surface area contributed by atoms with Crippen molar-refractivity contribution in [2.75, 3.05) is 23.3 Å². The average Bonchev–Trinajstić information content (AvgIpc) is 2.73. The number of non-ortho nitro benzene ring substituents is 1. The molecule has 1 heterocycles. The van der Waals surface area contributed by atoms with Crippen molar-refractivity contribution in [3.05, 3.63) is 69.8 Å². The van der Waals surface area contributed by atoms with E-state index in [1.807, 2.05) is 32.0 Å². The Labute approximate surface area is 166 Å². The lowest BCUT2D eigenvalue weighted by Gasteiger charge is -2.21. The molecule has 2 aromatic carbocycles. The van der Waals surface area contributed by atoms with Crippen molar-refractivity contribution in [1.29, 1.82) is 0 Å². The number of benzene rings is 2. The first-order valence-electron chi connectivity index (χ1n) is 9.03. The third kappa shape index (κ3) is 4.18. The van der Waals surface area contributed by atoms with Crippen molar-refractivity contribution in [2.24, 2.45) is 5.16 Å². The summed E-state index contributed by atoms with van der Waals surface area (Å²) < 4.78 is 5.63. The van der Waals surface area contributed by atoms with Crippen molar-refractivity contribution >= 4 is 33.9 Å². The van der Waals surface area contributed by atoms with E-state index in [4.69, 9.17) is 4.42 Å². The molecule has 0 saturated carbocycles. The van der Waals surface area contributed by atoms with Crippen molar-refractivity contribution in [3.63, 3.8) is 0 Å². The Morgan fingerprint density at radius 3 is 2.62 bits per heavy atom. The number of amides is 1. The molecule has 29 heavy (non-hydrogen) atoms. The molecule has 0 aliphatic carbocycles. The van der Waals surface area contributed by atoms with Crippen LogP contribution in [0.4, 0.5) is 17.1 Å². The first-order valence-corrected chi connectivity index (χ1v) is 9.03. The Morgan fingerprint density at radius 2 is 1.97 bits per heavy atom. The molecule has 1 aromatic heterocycles. The minimum atomic E-state index is -0.614. The van der Waals surface area contributed by atoms with Gasteiger partial charge in [0.25, 0.3) is 17.1 Å². The zero-order valence-electron chi connectivity index (χ0n) is 16.0. The van der Waals surface area contributed by atoms with Crippen LogP contribution in [0.15, 0.2) is 58.1 Å². The molecule has 1 amide bonds. The van der Waals surface area contributed by atoms with Crippen LogP contribution >= 0.6 is 0 Å². The second kappa shape index (κ2) is 8.42. The number of hydrogen-bond acceptors (Lipinski definition) is 7. The van der Waals surface area contributed by atoms with E-state index >= 15 is 0 Å². The van der Waals surface area contributed by atoms with E-state index in [-0.39, 0.29) is 22.5 Å². The van der Waals surface area contributed by atoms with Gasteiger partial charge in [-0.3, -0.25) is 14.9 Å². The number of nitrogens with one attached hydrogen (secondary N) is 1. The predicted molar refractivity (Wildman–Crippen MR) is 108 cm³/mol.